The molecule has 0 bridgehead atoms. The van der Waals surface area contributed by atoms with Crippen molar-refractivity contribution in [2.75, 3.05) is 0 Å². The van der Waals surface area contributed by atoms with Crippen molar-refractivity contribution in [1.82, 2.24) is 0 Å². The van der Waals surface area contributed by atoms with E-state index in [0.29, 0.717) is 5.56 Å². The molecule has 0 N–H and O–H groups in total. The predicted octanol–water partition coefficient (Wildman–Crippen LogP) is 3.48. The average molecular weight is 170 g/mol. The second kappa shape index (κ2) is 3.65. The molecule has 0 saturated carbocycles. The van der Waals surface area contributed by atoms with Crippen LogP contribution in [0.3, 0.4) is 0 Å². The molecule has 1 aromatic carbocycles. The minimum Gasteiger partial charge on any atom is -0.204 e. The van der Waals surface area contributed by atoms with Gasteiger partial charge in [0, 0.05) is 0 Å². The molecular formula is C10H12F2. The monoisotopic (exact) mass is 170 g/mol. The van der Waals surface area contributed by atoms with E-state index in [2.05, 4.69) is 0 Å². The van der Waals surface area contributed by atoms with Gasteiger partial charge in [0.1, 0.15) is 0 Å². The van der Waals surface area contributed by atoms with Gasteiger partial charge in [-0.2, -0.15) is 0 Å². The van der Waals surface area contributed by atoms with E-state index < -0.39 is 11.6 Å². The van der Waals surface area contributed by atoms with Gasteiger partial charge in [0.05, 0.1) is 0 Å². The van der Waals surface area contributed by atoms with Crippen LogP contribution in [0, 0.1) is 11.6 Å². The van der Waals surface area contributed by atoms with Crippen LogP contribution in [0.25, 0.3) is 0 Å². The molecule has 0 aliphatic rings. The quantitative estimate of drug-likeness (QED) is 0.637. The summed E-state index contributed by atoms with van der Waals surface area (Å²) in [7, 11) is 0. The average Bonchev–Trinajstić information content (AvgIpc) is 2.08. The van der Waals surface area contributed by atoms with Crippen LogP contribution in [0.5, 0.6) is 0 Å². The minimum absolute atomic E-state index is 0.0840. The lowest BCUT2D eigenvalue weighted by Crippen LogP contribution is -1.97. The van der Waals surface area contributed by atoms with Crippen LogP contribution in [0.2, 0.25) is 0 Å². The third-order valence-corrected chi connectivity index (χ3v) is 2.12. The maximum absolute atomic E-state index is 13.1. The molecule has 1 rings (SSSR count). The topological polar surface area (TPSA) is 0 Å². The summed E-state index contributed by atoms with van der Waals surface area (Å²) >= 11 is 0. The SMILES string of the molecule is CCC(C)c1cccc(F)c1F. The molecule has 0 aliphatic heterocycles. The number of rotatable bonds is 2. The molecule has 12 heavy (non-hydrogen) atoms. The first kappa shape index (κ1) is 9.17. The first-order valence-electron chi connectivity index (χ1n) is 4.10. The standard InChI is InChI=1S/C10H12F2/c1-3-7(2)8-5-4-6-9(11)10(8)12/h4-7H,3H2,1-2H3. The Morgan fingerprint density at radius 3 is 2.58 bits per heavy atom. The van der Waals surface area contributed by atoms with Crippen LogP contribution >= 0.6 is 0 Å². The van der Waals surface area contributed by atoms with E-state index in [1.54, 1.807) is 12.1 Å². The van der Waals surface area contributed by atoms with Crippen molar-refractivity contribution in [3.8, 4) is 0 Å². The van der Waals surface area contributed by atoms with E-state index in [-0.39, 0.29) is 5.92 Å². The van der Waals surface area contributed by atoms with E-state index in [0.717, 1.165) is 12.5 Å². The van der Waals surface area contributed by atoms with Crippen LogP contribution in [0.4, 0.5) is 8.78 Å². The molecule has 0 aliphatic carbocycles. The van der Waals surface area contributed by atoms with Crippen molar-refractivity contribution in [2.24, 2.45) is 0 Å². The molecule has 0 fully saturated rings. The van der Waals surface area contributed by atoms with Crippen LogP contribution in [0.1, 0.15) is 31.7 Å². The van der Waals surface area contributed by atoms with E-state index >= 15 is 0 Å². The highest BCUT2D eigenvalue weighted by molar-refractivity contribution is 5.22. The molecule has 0 spiro atoms. The van der Waals surface area contributed by atoms with E-state index in [9.17, 15) is 8.78 Å². The first-order valence-corrected chi connectivity index (χ1v) is 4.10. The Bertz CT molecular complexity index is 269. The number of hydrogen-bond donors (Lipinski definition) is 0. The van der Waals surface area contributed by atoms with Gasteiger partial charge in [-0.05, 0) is 24.0 Å². The van der Waals surface area contributed by atoms with Crippen molar-refractivity contribution in [3.05, 3.63) is 35.4 Å². The number of hydrogen-bond acceptors (Lipinski definition) is 0. The lowest BCUT2D eigenvalue weighted by atomic mass is 9.98. The molecule has 0 heterocycles. The summed E-state index contributed by atoms with van der Waals surface area (Å²) in [5, 5.41) is 0. The summed E-state index contributed by atoms with van der Waals surface area (Å²) in [5.74, 6) is -1.37. The maximum atomic E-state index is 13.1. The van der Waals surface area contributed by atoms with E-state index in [1.807, 2.05) is 13.8 Å². The second-order valence-corrected chi connectivity index (χ2v) is 2.95. The molecule has 2 heteroatoms. The summed E-state index contributed by atoms with van der Waals surface area (Å²) in [6.45, 7) is 3.84. The normalized spacial score (nSPS) is 13.0. The summed E-state index contributed by atoms with van der Waals surface area (Å²) < 4.78 is 25.8. The summed E-state index contributed by atoms with van der Waals surface area (Å²) in [4.78, 5) is 0. The second-order valence-electron chi connectivity index (χ2n) is 2.95. The number of halogens is 2. The first-order chi connectivity index (χ1) is 5.66. The van der Waals surface area contributed by atoms with Crippen LogP contribution in [0.15, 0.2) is 18.2 Å². The molecule has 0 amide bonds. The summed E-state index contributed by atoms with van der Waals surface area (Å²) in [6.07, 6.45) is 0.820. The number of benzene rings is 1. The highest BCUT2D eigenvalue weighted by Gasteiger charge is 2.11. The lowest BCUT2D eigenvalue weighted by molar-refractivity contribution is 0.489. The van der Waals surface area contributed by atoms with Gasteiger partial charge in [-0.3, -0.25) is 0 Å². The zero-order chi connectivity index (χ0) is 9.14. The van der Waals surface area contributed by atoms with Crippen molar-refractivity contribution in [2.45, 2.75) is 26.2 Å². The Labute approximate surface area is 71.2 Å². The Kier molecular flexibility index (Phi) is 2.79. The Morgan fingerprint density at radius 1 is 1.33 bits per heavy atom. The van der Waals surface area contributed by atoms with Crippen molar-refractivity contribution in [3.63, 3.8) is 0 Å². The Balaban J connectivity index is 3.07. The minimum atomic E-state index is -0.757. The van der Waals surface area contributed by atoms with Gasteiger partial charge in [-0.15, -0.1) is 0 Å². The fourth-order valence-electron chi connectivity index (χ4n) is 1.12. The Morgan fingerprint density at radius 2 is 2.00 bits per heavy atom. The molecule has 1 aromatic rings. The molecule has 0 aromatic heterocycles. The molecule has 0 saturated heterocycles. The summed E-state index contributed by atoms with van der Waals surface area (Å²) in [5.41, 5.74) is 0.470. The third kappa shape index (κ3) is 1.63. The van der Waals surface area contributed by atoms with Gasteiger partial charge in [0.25, 0.3) is 0 Å². The van der Waals surface area contributed by atoms with Gasteiger partial charge >= 0.3 is 0 Å². The molecule has 0 nitrogen and oxygen atoms in total. The highest BCUT2D eigenvalue weighted by Crippen LogP contribution is 2.22. The van der Waals surface area contributed by atoms with Crippen LogP contribution < -0.4 is 0 Å². The van der Waals surface area contributed by atoms with Crippen LogP contribution in [-0.2, 0) is 0 Å². The van der Waals surface area contributed by atoms with E-state index in [1.165, 1.54) is 0 Å². The van der Waals surface area contributed by atoms with Gasteiger partial charge in [-0.25, -0.2) is 8.78 Å². The largest absolute Gasteiger partial charge is 0.204 e. The molecular weight excluding hydrogens is 158 g/mol. The zero-order valence-corrected chi connectivity index (χ0v) is 7.27. The van der Waals surface area contributed by atoms with Gasteiger partial charge in [-0.1, -0.05) is 26.0 Å². The van der Waals surface area contributed by atoms with E-state index in [4.69, 9.17) is 0 Å². The smallest absolute Gasteiger partial charge is 0.162 e. The third-order valence-electron chi connectivity index (χ3n) is 2.12. The van der Waals surface area contributed by atoms with Crippen LogP contribution in [-0.4, -0.2) is 0 Å². The molecule has 66 valence electrons. The van der Waals surface area contributed by atoms with Crippen molar-refractivity contribution >= 4 is 0 Å². The van der Waals surface area contributed by atoms with Gasteiger partial charge in [0.2, 0.25) is 0 Å². The molecule has 1 atom stereocenters. The van der Waals surface area contributed by atoms with Gasteiger partial charge in [0.15, 0.2) is 11.6 Å². The molecule has 1 unspecified atom stereocenters. The van der Waals surface area contributed by atoms with Gasteiger partial charge < -0.3 is 0 Å². The maximum Gasteiger partial charge on any atom is 0.162 e. The predicted molar refractivity (Wildman–Crippen MR) is 45.1 cm³/mol. The van der Waals surface area contributed by atoms with Crippen molar-refractivity contribution < 1.29 is 8.78 Å². The summed E-state index contributed by atoms with van der Waals surface area (Å²) in [6, 6.07) is 4.31. The highest BCUT2D eigenvalue weighted by atomic mass is 19.2. The molecule has 0 radical (unpaired) electrons. The van der Waals surface area contributed by atoms with Crippen molar-refractivity contribution in [1.29, 1.82) is 0 Å². The fraction of sp³-hybridized carbons (Fsp3) is 0.400. The lowest BCUT2D eigenvalue weighted by Gasteiger charge is -2.09. The zero-order valence-electron chi connectivity index (χ0n) is 7.27. The fourth-order valence-corrected chi connectivity index (χ4v) is 1.12. The Hall–Kier alpha value is -0.920.